The molecule has 0 fully saturated rings. The summed E-state index contributed by atoms with van der Waals surface area (Å²) in [5.74, 6) is 0.513. The van der Waals surface area contributed by atoms with Crippen molar-refractivity contribution in [3.8, 4) is 11.5 Å². The van der Waals surface area contributed by atoms with E-state index in [4.69, 9.17) is 4.74 Å². The Bertz CT molecular complexity index is 787. The van der Waals surface area contributed by atoms with Crippen LogP contribution in [0.2, 0.25) is 0 Å². The van der Waals surface area contributed by atoms with E-state index in [0.717, 1.165) is 53.1 Å². The highest BCUT2D eigenvalue weighted by Crippen LogP contribution is 2.44. The van der Waals surface area contributed by atoms with E-state index in [2.05, 4.69) is 6.58 Å². The van der Waals surface area contributed by atoms with Gasteiger partial charge >= 0.3 is 5.97 Å². The van der Waals surface area contributed by atoms with E-state index in [1.54, 1.807) is 6.92 Å². The summed E-state index contributed by atoms with van der Waals surface area (Å²) >= 11 is 0. The van der Waals surface area contributed by atoms with Gasteiger partial charge in [0.2, 0.25) is 0 Å². The van der Waals surface area contributed by atoms with Gasteiger partial charge in [0.25, 0.3) is 0 Å². The van der Waals surface area contributed by atoms with Crippen molar-refractivity contribution in [1.29, 1.82) is 0 Å². The normalized spacial score (nSPS) is 13.7. The Morgan fingerprint density at radius 2 is 1.86 bits per heavy atom. The van der Waals surface area contributed by atoms with E-state index in [-0.39, 0.29) is 0 Å². The van der Waals surface area contributed by atoms with Gasteiger partial charge in [-0.1, -0.05) is 24.3 Å². The average molecular weight is 296 g/mol. The van der Waals surface area contributed by atoms with Crippen LogP contribution in [-0.2, 0) is 17.6 Å². The van der Waals surface area contributed by atoms with Crippen molar-refractivity contribution in [2.75, 3.05) is 0 Å². The molecule has 0 aromatic heterocycles. The SMILES string of the molecule is C=C(C)C(=O)Oc1c2c(c(O)c3cc(C)ccc13)CCCC2. The number of aryl methyl sites for hydroxylation is 1. The maximum absolute atomic E-state index is 12.0. The Balaban J connectivity index is 2.29. The first-order chi connectivity index (χ1) is 10.5. The molecule has 0 amide bonds. The second-order valence-corrected chi connectivity index (χ2v) is 6.06. The number of hydrogen-bond donors (Lipinski definition) is 1. The standard InChI is InChI=1S/C19H20O3/c1-11(2)19(21)22-18-14-7-5-4-6-13(14)17(20)16-10-12(3)8-9-15(16)18/h8-10,20H,1,4-7H2,2-3H3. The van der Waals surface area contributed by atoms with Crippen LogP contribution in [0.25, 0.3) is 10.8 Å². The molecule has 22 heavy (non-hydrogen) atoms. The zero-order chi connectivity index (χ0) is 15.9. The Morgan fingerprint density at radius 1 is 1.18 bits per heavy atom. The van der Waals surface area contributed by atoms with E-state index < -0.39 is 5.97 Å². The third-order valence-corrected chi connectivity index (χ3v) is 4.25. The van der Waals surface area contributed by atoms with Crippen molar-refractivity contribution in [2.24, 2.45) is 0 Å². The van der Waals surface area contributed by atoms with E-state index >= 15 is 0 Å². The molecule has 1 aliphatic carbocycles. The Kier molecular flexibility index (Phi) is 3.65. The zero-order valence-corrected chi connectivity index (χ0v) is 13.0. The lowest BCUT2D eigenvalue weighted by Gasteiger charge is -2.23. The fourth-order valence-electron chi connectivity index (χ4n) is 3.09. The predicted octanol–water partition coefficient (Wildman–Crippen LogP) is 4.21. The number of hydrogen-bond acceptors (Lipinski definition) is 3. The van der Waals surface area contributed by atoms with E-state index in [1.807, 2.05) is 25.1 Å². The first-order valence-electron chi connectivity index (χ1n) is 7.63. The summed E-state index contributed by atoms with van der Waals surface area (Å²) < 4.78 is 5.63. The van der Waals surface area contributed by atoms with Crippen LogP contribution in [0.5, 0.6) is 11.5 Å². The van der Waals surface area contributed by atoms with Gasteiger partial charge in [-0.2, -0.15) is 0 Å². The van der Waals surface area contributed by atoms with Gasteiger partial charge in [0.15, 0.2) is 0 Å². The lowest BCUT2D eigenvalue weighted by Crippen LogP contribution is -2.13. The zero-order valence-electron chi connectivity index (χ0n) is 13.0. The highest BCUT2D eigenvalue weighted by atomic mass is 16.5. The van der Waals surface area contributed by atoms with Crippen LogP contribution in [0.3, 0.4) is 0 Å². The number of phenols is 1. The molecule has 3 nitrogen and oxygen atoms in total. The molecule has 2 aromatic rings. The van der Waals surface area contributed by atoms with Crippen LogP contribution in [0.4, 0.5) is 0 Å². The molecule has 2 aromatic carbocycles. The molecule has 1 N–H and O–H groups in total. The number of esters is 1. The lowest BCUT2D eigenvalue weighted by molar-refractivity contribution is -0.130. The largest absolute Gasteiger partial charge is 0.507 e. The molecule has 0 saturated carbocycles. The van der Waals surface area contributed by atoms with Gasteiger partial charge in [0.05, 0.1) is 0 Å². The Labute approximate surface area is 130 Å². The van der Waals surface area contributed by atoms with Crippen molar-refractivity contribution < 1.29 is 14.6 Å². The average Bonchev–Trinajstić information content (AvgIpc) is 2.51. The summed E-state index contributed by atoms with van der Waals surface area (Å²) in [5.41, 5.74) is 3.33. The van der Waals surface area contributed by atoms with E-state index in [9.17, 15) is 9.90 Å². The summed E-state index contributed by atoms with van der Waals surface area (Å²) in [6.45, 7) is 7.28. The highest BCUT2D eigenvalue weighted by molar-refractivity contribution is 5.99. The van der Waals surface area contributed by atoms with Gasteiger partial charge in [-0.3, -0.25) is 0 Å². The second-order valence-electron chi connectivity index (χ2n) is 6.06. The number of rotatable bonds is 2. The molecule has 0 saturated heterocycles. The fraction of sp³-hybridized carbons (Fsp3) is 0.316. The third-order valence-electron chi connectivity index (χ3n) is 4.25. The topological polar surface area (TPSA) is 46.5 Å². The summed E-state index contributed by atoms with van der Waals surface area (Å²) in [7, 11) is 0. The van der Waals surface area contributed by atoms with Gasteiger partial charge < -0.3 is 9.84 Å². The highest BCUT2D eigenvalue weighted by Gasteiger charge is 2.24. The summed E-state index contributed by atoms with van der Waals surface area (Å²) in [4.78, 5) is 12.0. The number of aromatic hydroxyl groups is 1. The quantitative estimate of drug-likeness (QED) is 0.513. The summed E-state index contributed by atoms with van der Waals surface area (Å²) in [6, 6.07) is 5.83. The lowest BCUT2D eigenvalue weighted by atomic mass is 9.87. The molecule has 3 heteroatoms. The minimum Gasteiger partial charge on any atom is -0.507 e. The second kappa shape index (κ2) is 5.48. The summed E-state index contributed by atoms with van der Waals surface area (Å²) in [5, 5.41) is 12.2. The van der Waals surface area contributed by atoms with Crippen LogP contribution in [0.1, 0.15) is 36.5 Å². The first kappa shape index (κ1) is 14.6. The maximum atomic E-state index is 12.0. The van der Waals surface area contributed by atoms with E-state index in [0.29, 0.717) is 17.1 Å². The van der Waals surface area contributed by atoms with Crippen molar-refractivity contribution in [3.05, 3.63) is 47.0 Å². The maximum Gasteiger partial charge on any atom is 0.338 e. The molecule has 1 aliphatic rings. The molecular weight excluding hydrogens is 276 g/mol. The smallest absolute Gasteiger partial charge is 0.338 e. The minimum atomic E-state index is -0.416. The number of carbonyl (C=O) groups excluding carboxylic acids is 1. The molecule has 3 rings (SSSR count). The predicted molar refractivity (Wildman–Crippen MR) is 87.4 cm³/mol. The monoisotopic (exact) mass is 296 g/mol. The van der Waals surface area contributed by atoms with Crippen LogP contribution >= 0.6 is 0 Å². The van der Waals surface area contributed by atoms with Crippen molar-refractivity contribution in [1.82, 2.24) is 0 Å². The number of benzene rings is 2. The molecule has 0 unspecified atom stereocenters. The van der Waals surface area contributed by atoms with Gasteiger partial charge in [0, 0.05) is 27.5 Å². The van der Waals surface area contributed by atoms with Gasteiger partial charge in [0.1, 0.15) is 11.5 Å². The number of ether oxygens (including phenoxy) is 1. The molecule has 0 radical (unpaired) electrons. The first-order valence-corrected chi connectivity index (χ1v) is 7.63. The van der Waals surface area contributed by atoms with Crippen LogP contribution < -0.4 is 4.74 Å². The van der Waals surface area contributed by atoms with Crippen molar-refractivity contribution in [3.63, 3.8) is 0 Å². The molecule has 0 aliphatic heterocycles. The molecule has 114 valence electrons. The van der Waals surface area contributed by atoms with Crippen LogP contribution in [0, 0.1) is 6.92 Å². The van der Waals surface area contributed by atoms with Gasteiger partial charge in [-0.05, 0) is 45.6 Å². The van der Waals surface area contributed by atoms with Gasteiger partial charge in [-0.15, -0.1) is 0 Å². The fourth-order valence-corrected chi connectivity index (χ4v) is 3.09. The molecule has 0 spiro atoms. The molecule has 0 heterocycles. The van der Waals surface area contributed by atoms with Crippen molar-refractivity contribution in [2.45, 2.75) is 39.5 Å². The molecular formula is C19H20O3. The van der Waals surface area contributed by atoms with Crippen LogP contribution in [0.15, 0.2) is 30.4 Å². The summed E-state index contributed by atoms with van der Waals surface area (Å²) in [6.07, 6.45) is 3.74. The van der Waals surface area contributed by atoms with Crippen molar-refractivity contribution >= 4 is 16.7 Å². The number of phenolic OH excluding ortho intramolecular Hbond substituents is 1. The van der Waals surface area contributed by atoms with Crippen LogP contribution in [-0.4, -0.2) is 11.1 Å². The third kappa shape index (κ3) is 2.37. The number of fused-ring (bicyclic) bond motifs is 2. The number of carbonyl (C=O) groups is 1. The van der Waals surface area contributed by atoms with Gasteiger partial charge in [-0.25, -0.2) is 4.79 Å². The Morgan fingerprint density at radius 3 is 2.55 bits per heavy atom. The molecule has 0 atom stereocenters. The Hall–Kier alpha value is -2.29. The minimum absolute atomic E-state index is 0.337. The molecule has 0 bridgehead atoms. The van der Waals surface area contributed by atoms with E-state index in [1.165, 1.54) is 0 Å².